The average Bonchev–Trinajstić information content (AvgIpc) is 3.76. The maximum Gasteiger partial charge on any atom is 0.418 e. The molecule has 6 aromatic rings. The van der Waals surface area contributed by atoms with Crippen LogP contribution in [0, 0.1) is 11.8 Å². The number of carbonyl (C=O) groups is 3. The first kappa shape index (κ1) is 41.1. The van der Waals surface area contributed by atoms with Crippen LogP contribution in [-0.4, -0.2) is 81.2 Å². The number of piperidine rings is 2. The van der Waals surface area contributed by atoms with E-state index in [-0.39, 0.29) is 61.8 Å². The summed E-state index contributed by atoms with van der Waals surface area (Å²) >= 11 is 0. The quantitative estimate of drug-likeness (QED) is 0.116. The number of pyridine rings is 2. The van der Waals surface area contributed by atoms with Gasteiger partial charge in [-0.15, -0.1) is 0 Å². The Labute approximate surface area is 366 Å². The molecule has 3 aromatic heterocycles. The maximum atomic E-state index is 14.2. The van der Waals surface area contributed by atoms with Gasteiger partial charge in [0.05, 0.1) is 29.0 Å². The number of amides is 3. The largest absolute Gasteiger partial charge is 0.481 e. The number of rotatable bonds is 9. The number of halogens is 3. The number of hydrogen-bond acceptors (Lipinski definition) is 9. The zero-order valence-electron chi connectivity index (χ0n) is 34.9. The Morgan fingerprint density at radius 3 is 2.45 bits per heavy atom. The van der Waals surface area contributed by atoms with E-state index in [9.17, 15) is 27.6 Å². The Kier molecular flexibility index (Phi) is 10.7. The molecule has 6 heterocycles. The number of aromatic nitrogens is 3. The number of alkyl halides is 3. The zero-order chi connectivity index (χ0) is 44.1. The normalized spacial score (nSPS) is 20.2. The van der Waals surface area contributed by atoms with Crippen LogP contribution in [0.3, 0.4) is 0 Å². The molecule has 15 heteroatoms. The van der Waals surface area contributed by atoms with Gasteiger partial charge in [0.1, 0.15) is 24.5 Å². The molecule has 1 saturated carbocycles. The van der Waals surface area contributed by atoms with Crippen LogP contribution in [-0.2, 0) is 34.1 Å². The average molecular weight is 869 g/mol. The van der Waals surface area contributed by atoms with E-state index in [4.69, 9.17) is 14.2 Å². The molecule has 2 saturated heterocycles. The topological polar surface area (TPSA) is 128 Å². The lowest BCUT2D eigenvalue weighted by atomic mass is 9.91. The van der Waals surface area contributed by atoms with Gasteiger partial charge in [0.2, 0.25) is 17.7 Å². The molecule has 1 atom stereocenters. The Hall–Kier alpha value is -6.92. The summed E-state index contributed by atoms with van der Waals surface area (Å²) in [5, 5.41) is 4.57. The minimum atomic E-state index is -4.54. The van der Waals surface area contributed by atoms with Gasteiger partial charge in [0, 0.05) is 104 Å². The summed E-state index contributed by atoms with van der Waals surface area (Å²) in [6.07, 6.45) is 3.95. The van der Waals surface area contributed by atoms with Crippen molar-refractivity contribution in [1.82, 2.24) is 24.8 Å². The van der Waals surface area contributed by atoms with Gasteiger partial charge in [0.25, 0.3) is 5.91 Å². The first-order valence-electron chi connectivity index (χ1n) is 21.4. The van der Waals surface area contributed by atoms with Crippen molar-refractivity contribution >= 4 is 45.2 Å². The van der Waals surface area contributed by atoms with Gasteiger partial charge < -0.3 is 28.6 Å². The van der Waals surface area contributed by atoms with Crippen molar-refractivity contribution in [3.8, 4) is 34.6 Å². The van der Waals surface area contributed by atoms with E-state index in [2.05, 4.69) is 56.9 Å². The van der Waals surface area contributed by atoms with Crippen LogP contribution in [0.1, 0.15) is 65.6 Å². The number of nitrogens with one attached hydrogen (secondary N) is 1. The number of aryl methyl sites for hydroxylation is 1. The molecule has 0 bridgehead atoms. The van der Waals surface area contributed by atoms with E-state index < -0.39 is 23.7 Å². The number of carbonyl (C=O) groups excluding carboxylic acids is 3. The molecule has 3 aliphatic heterocycles. The summed E-state index contributed by atoms with van der Waals surface area (Å²) in [4.78, 5) is 49.1. The molecule has 3 fully saturated rings. The minimum absolute atomic E-state index is 0.0157. The van der Waals surface area contributed by atoms with E-state index in [1.165, 1.54) is 17.0 Å². The highest BCUT2D eigenvalue weighted by Gasteiger charge is 2.40. The van der Waals surface area contributed by atoms with Crippen LogP contribution in [0.2, 0.25) is 0 Å². The Bertz CT molecular complexity index is 2870. The fraction of sp³-hybridized carbons (Fsp3) is 0.327. The van der Waals surface area contributed by atoms with E-state index in [1.807, 2.05) is 30.6 Å². The molecule has 12 nitrogen and oxygen atoms in total. The second-order valence-electron chi connectivity index (χ2n) is 16.8. The lowest BCUT2D eigenvalue weighted by Crippen LogP contribution is -2.52. The third-order valence-electron chi connectivity index (χ3n) is 12.7. The van der Waals surface area contributed by atoms with Gasteiger partial charge in [-0.05, 0) is 85.0 Å². The molecule has 4 aliphatic rings. The predicted molar refractivity (Wildman–Crippen MR) is 232 cm³/mol. The molecule has 1 N–H and O–H groups in total. The van der Waals surface area contributed by atoms with E-state index in [1.54, 1.807) is 29.3 Å². The van der Waals surface area contributed by atoms with Crippen molar-refractivity contribution in [3.63, 3.8) is 0 Å². The van der Waals surface area contributed by atoms with Crippen LogP contribution in [0.15, 0.2) is 91.4 Å². The highest BCUT2D eigenvalue weighted by molar-refractivity contribution is 6.08. The number of benzene rings is 3. The lowest BCUT2D eigenvalue weighted by Gasteiger charge is -2.40. The van der Waals surface area contributed by atoms with Crippen molar-refractivity contribution in [2.75, 3.05) is 24.6 Å². The number of anilines is 1. The minimum Gasteiger partial charge on any atom is -0.481 e. The molecule has 326 valence electrons. The first-order valence-corrected chi connectivity index (χ1v) is 21.4. The fourth-order valence-corrected chi connectivity index (χ4v) is 9.26. The molecule has 64 heavy (non-hydrogen) atoms. The Balaban J connectivity index is 0.701. The van der Waals surface area contributed by atoms with Crippen LogP contribution >= 0.6 is 0 Å². The highest BCUT2D eigenvalue weighted by atomic mass is 19.4. The van der Waals surface area contributed by atoms with Gasteiger partial charge in [-0.3, -0.25) is 24.7 Å². The number of hydrogen-bond donors (Lipinski definition) is 1. The molecular formula is C49H43F3N6O6. The van der Waals surface area contributed by atoms with Gasteiger partial charge in [-0.1, -0.05) is 24.0 Å². The van der Waals surface area contributed by atoms with Crippen molar-refractivity contribution in [2.45, 2.75) is 75.6 Å². The van der Waals surface area contributed by atoms with Gasteiger partial charge in [0.15, 0.2) is 0 Å². The van der Waals surface area contributed by atoms with Crippen LogP contribution in [0.5, 0.6) is 11.6 Å². The van der Waals surface area contributed by atoms with Crippen molar-refractivity contribution in [3.05, 3.63) is 114 Å². The predicted octanol–water partition coefficient (Wildman–Crippen LogP) is 7.59. The first-order chi connectivity index (χ1) is 30.9. The Morgan fingerprint density at radius 2 is 1.67 bits per heavy atom. The molecule has 3 aromatic carbocycles. The molecule has 0 radical (unpaired) electrons. The SMILES string of the molecule is Cn1c2ccncc2c2ccc(-c3ccc(O[C@H]4C[C@H](OC5CCN(c6cc(C#CCOc7ccc8c(c7)CN(C7CCC(=O)NC7=O)C8=O)ccc6C(F)(F)F)CC5)C4)nc3)cc21. The number of fused-ring (bicyclic) bond motifs is 4. The molecule has 1 aliphatic carbocycles. The second kappa shape index (κ2) is 16.7. The summed E-state index contributed by atoms with van der Waals surface area (Å²) in [7, 11) is 2.06. The van der Waals surface area contributed by atoms with Crippen LogP contribution < -0.4 is 19.7 Å². The van der Waals surface area contributed by atoms with Crippen molar-refractivity contribution < 1.29 is 41.8 Å². The molecule has 1 unspecified atom stereocenters. The third-order valence-corrected chi connectivity index (χ3v) is 12.7. The summed E-state index contributed by atoms with van der Waals surface area (Å²) < 4.78 is 63.2. The maximum absolute atomic E-state index is 14.2. The van der Waals surface area contributed by atoms with Crippen LogP contribution in [0.25, 0.3) is 32.9 Å². The van der Waals surface area contributed by atoms with Crippen molar-refractivity contribution in [1.29, 1.82) is 0 Å². The highest BCUT2D eigenvalue weighted by Crippen LogP contribution is 2.39. The zero-order valence-corrected chi connectivity index (χ0v) is 34.9. The number of ether oxygens (including phenoxy) is 3. The van der Waals surface area contributed by atoms with Gasteiger partial charge in [-0.2, -0.15) is 13.2 Å². The molecule has 3 amide bonds. The lowest BCUT2D eigenvalue weighted by molar-refractivity contribution is -0.138. The van der Waals surface area contributed by atoms with E-state index >= 15 is 0 Å². The number of imide groups is 1. The molecule has 10 rings (SSSR count). The summed E-state index contributed by atoms with van der Waals surface area (Å²) in [6, 6.07) is 20.5. The number of nitrogens with zero attached hydrogens (tertiary/aromatic N) is 5. The van der Waals surface area contributed by atoms with Gasteiger partial charge >= 0.3 is 6.18 Å². The summed E-state index contributed by atoms with van der Waals surface area (Å²) in [6.45, 7) is 0.976. The molecular weight excluding hydrogens is 826 g/mol. The van der Waals surface area contributed by atoms with Crippen molar-refractivity contribution in [2.24, 2.45) is 7.05 Å². The van der Waals surface area contributed by atoms with E-state index in [0.717, 1.165) is 39.0 Å². The standard InChI is InChI=1S/C49H43F3N6O6/c1-56-41-14-17-53-27-39(41)38-8-5-30(23-43(38)56)31-6-13-46(54-26-31)64-36-24-35(25-36)63-33-15-18-57(19-16-33)44-21-29(4-10-40(44)49(50,51)52)3-2-20-62-34-7-9-37-32(22-34)28-58(48(37)61)42-11-12-45(59)55-47(42)60/h4-10,13-14,17,21-23,26-27,33,35-36,42H,11-12,15-16,18-20,24-25,28H2,1H3,(H,55,59,60)/t35-,36-,42?. The monoisotopic (exact) mass is 868 g/mol. The van der Waals surface area contributed by atoms with E-state index in [0.29, 0.717) is 67.1 Å². The summed E-state index contributed by atoms with van der Waals surface area (Å²) in [5.74, 6) is 5.72. The summed E-state index contributed by atoms with van der Waals surface area (Å²) in [5.41, 5.74) is 5.25. The second-order valence-corrected chi connectivity index (χ2v) is 16.8. The Morgan fingerprint density at radius 1 is 0.844 bits per heavy atom. The fourth-order valence-electron chi connectivity index (χ4n) is 9.26. The van der Waals surface area contributed by atoms with Gasteiger partial charge in [-0.25, -0.2) is 4.98 Å². The smallest absolute Gasteiger partial charge is 0.418 e. The third kappa shape index (κ3) is 8.09. The molecule has 0 spiro atoms. The van der Waals surface area contributed by atoms with Crippen LogP contribution in [0.4, 0.5) is 18.9 Å².